The minimum Gasteiger partial charge on any atom is -0.465 e. The highest BCUT2D eigenvalue weighted by atomic mass is 32.1. The van der Waals surface area contributed by atoms with Crippen LogP contribution in [0.3, 0.4) is 0 Å². The number of thiazole rings is 1. The van der Waals surface area contributed by atoms with Crippen LogP contribution in [0.15, 0.2) is 77.6 Å². The lowest BCUT2D eigenvalue weighted by molar-refractivity contribution is 0.0600. The van der Waals surface area contributed by atoms with E-state index in [1.165, 1.54) is 25.3 Å². The van der Waals surface area contributed by atoms with Gasteiger partial charge in [0.2, 0.25) is 0 Å². The second-order valence-corrected chi connectivity index (χ2v) is 9.10. The van der Waals surface area contributed by atoms with Gasteiger partial charge in [-0.1, -0.05) is 53.8 Å². The van der Waals surface area contributed by atoms with E-state index in [0.717, 1.165) is 22.5 Å². The Bertz CT molecular complexity index is 1680. The van der Waals surface area contributed by atoms with E-state index in [0.29, 0.717) is 20.5 Å². The summed E-state index contributed by atoms with van der Waals surface area (Å²) in [5.41, 5.74) is 3.30. The van der Waals surface area contributed by atoms with Crippen molar-refractivity contribution in [3.63, 3.8) is 0 Å². The summed E-state index contributed by atoms with van der Waals surface area (Å²) < 4.78 is 6.74. The molecule has 0 aliphatic heterocycles. The number of rotatable bonds is 4. The molecule has 168 valence electrons. The van der Waals surface area contributed by atoms with Crippen LogP contribution in [-0.2, 0) is 4.74 Å². The molecule has 5 aromatic rings. The fourth-order valence-electron chi connectivity index (χ4n) is 3.75. The van der Waals surface area contributed by atoms with E-state index in [1.807, 2.05) is 54.6 Å². The van der Waals surface area contributed by atoms with Crippen molar-refractivity contribution in [3.05, 3.63) is 97.5 Å². The van der Waals surface area contributed by atoms with Crippen molar-refractivity contribution in [2.24, 2.45) is 0 Å². The molecule has 0 fully saturated rings. The van der Waals surface area contributed by atoms with Gasteiger partial charge in [-0.25, -0.2) is 4.79 Å². The Kier molecular flexibility index (Phi) is 5.56. The molecule has 1 amide bonds. The molecule has 0 saturated heterocycles. The number of nitrogens with one attached hydrogen (secondary N) is 2. The average Bonchev–Trinajstić information content (AvgIpc) is 3.20. The van der Waals surface area contributed by atoms with Crippen molar-refractivity contribution in [1.29, 1.82) is 0 Å². The smallest absolute Gasteiger partial charge is 0.337 e. The van der Waals surface area contributed by atoms with Crippen LogP contribution in [-0.4, -0.2) is 28.4 Å². The Morgan fingerprint density at radius 2 is 1.71 bits per heavy atom. The van der Waals surface area contributed by atoms with Gasteiger partial charge in [0.1, 0.15) is 10.5 Å². The summed E-state index contributed by atoms with van der Waals surface area (Å²) in [6.07, 6.45) is 0. The largest absolute Gasteiger partial charge is 0.465 e. The lowest BCUT2D eigenvalue weighted by Gasteiger charge is -2.07. The number of H-pyrrole nitrogens is 1. The molecule has 0 unspecified atom stereocenters. The first kappa shape index (κ1) is 21.7. The standard InChI is InChI=1S/C25H17N3O4S2/c1-32-24(31)16-9-12-18-19(13-16)28-21(27-22(18)29)20(34-25(28)33)23(30)26-17-10-7-15(8-11-17)14-5-3-2-4-6-14/h2-13H,1H3,(H,26,30)(H,27,29). The van der Waals surface area contributed by atoms with E-state index in [-0.39, 0.29) is 21.6 Å². The molecule has 0 atom stereocenters. The number of fused-ring (bicyclic) bond motifs is 3. The van der Waals surface area contributed by atoms with E-state index < -0.39 is 11.9 Å². The van der Waals surface area contributed by atoms with E-state index in [1.54, 1.807) is 4.40 Å². The van der Waals surface area contributed by atoms with E-state index in [9.17, 15) is 14.4 Å². The third-order valence-corrected chi connectivity index (χ3v) is 6.78. The second kappa shape index (κ2) is 8.69. The number of benzene rings is 3. The van der Waals surface area contributed by atoms with Gasteiger partial charge in [0, 0.05) is 5.69 Å². The number of carbonyl (C=O) groups excluding carboxylic acids is 2. The zero-order valence-corrected chi connectivity index (χ0v) is 19.5. The summed E-state index contributed by atoms with van der Waals surface area (Å²) in [6, 6.07) is 22.0. The number of esters is 1. The molecule has 2 heterocycles. The molecule has 34 heavy (non-hydrogen) atoms. The summed E-state index contributed by atoms with van der Waals surface area (Å²) in [6.45, 7) is 0. The number of carbonyl (C=O) groups is 2. The maximum atomic E-state index is 13.1. The number of amides is 1. The third kappa shape index (κ3) is 3.81. The lowest BCUT2D eigenvalue weighted by atomic mass is 10.1. The van der Waals surface area contributed by atoms with Crippen molar-refractivity contribution in [3.8, 4) is 11.1 Å². The number of hydrogen-bond acceptors (Lipinski definition) is 6. The highest BCUT2D eigenvalue weighted by molar-refractivity contribution is 7.73. The number of aromatic nitrogens is 2. The summed E-state index contributed by atoms with van der Waals surface area (Å²) in [5, 5.41) is 3.21. The molecule has 9 heteroatoms. The van der Waals surface area contributed by atoms with Gasteiger partial charge in [-0.3, -0.25) is 14.0 Å². The van der Waals surface area contributed by atoms with Gasteiger partial charge in [-0.05, 0) is 53.7 Å². The zero-order valence-electron chi connectivity index (χ0n) is 17.8. The van der Waals surface area contributed by atoms with Crippen molar-refractivity contribution < 1.29 is 14.3 Å². The highest BCUT2D eigenvalue weighted by Gasteiger charge is 2.19. The normalized spacial score (nSPS) is 11.0. The van der Waals surface area contributed by atoms with Gasteiger partial charge in [0.25, 0.3) is 11.5 Å². The first-order chi connectivity index (χ1) is 16.5. The number of nitrogens with zero attached hydrogens (tertiary/aromatic N) is 1. The summed E-state index contributed by atoms with van der Waals surface area (Å²) >= 11 is 6.58. The van der Waals surface area contributed by atoms with Crippen LogP contribution in [0.2, 0.25) is 0 Å². The predicted molar refractivity (Wildman–Crippen MR) is 135 cm³/mol. The second-order valence-electron chi connectivity index (χ2n) is 7.46. The van der Waals surface area contributed by atoms with Crippen LogP contribution in [0, 0.1) is 3.95 Å². The number of hydrogen-bond donors (Lipinski definition) is 2. The number of ether oxygens (including phenoxy) is 1. The van der Waals surface area contributed by atoms with Gasteiger partial charge in [-0.2, -0.15) is 0 Å². The van der Waals surface area contributed by atoms with Crippen LogP contribution < -0.4 is 10.9 Å². The topological polar surface area (TPSA) is 92.7 Å². The minimum absolute atomic E-state index is 0.264. The molecular weight excluding hydrogens is 470 g/mol. The van der Waals surface area contributed by atoms with Crippen molar-refractivity contribution in [2.75, 3.05) is 12.4 Å². The van der Waals surface area contributed by atoms with Crippen LogP contribution in [0.4, 0.5) is 5.69 Å². The number of anilines is 1. The molecule has 3 aromatic carbocycles. The van der Waals surface area contributed by atoms with E-state index >= 15 is 0 Å². The molecular formula is C25H17N3O4S2. The number of aromatic amines is 1. The Labute approximate surface area is 202 Å². The molecule has 0 spiro atoms. The molecule has 2 aromatic heterocycles. The van der Waals surface area contributed by atoms with Crippen LogP contribution in [0.5, 0.6) is 0 Å². The van der Waals surface area contributed by atoms with Crippen molar-refractivity contribution in [2.45, 2.75) is 0 Å². The zero-order chi connectivity index (χ0) is 23.8. The van der Waals surface area contributed by atoms with E-state index in [4.69, 9.17) is 17.0 Å². The SMILES string of the molecule is COC(=O)c1ccc2c(=O)[nH]c3c(C(=O)Nc4ccc(-c5ccccc5)cc4)sc(=S)n3c2c1. The van der Waals surface area contributed by atoms with Crippen LogP contribution in [0.1, 0.15) is 20.0 Å². The maximum Gasteiger partial charge on any atom is 0.337 e. The van der Waals surface area contributed by atoms with E-state index in [2.05, 4.69) is 10.3 Å². The molecule has 7 nitrogen and oxygen atoms in total. The molecule has 5 rings (SSSR count). The van der Waals surface area contributed by atoms with Gasteiger partial charge < -0.3 is 15.0 Å². The van der Waals surface area contributed by atoms with Gasteiger partial charge in [0.15, 0.2) is 3.95 Å². The quantitative estimate of drug-likeness (QED) is 0.266. The van der Waals surface area contributed by atoms with Crippen molar-refractivity contribution >= 4 is 57.7 Å². The van der Waals surface area contributed by atoms with Gasteiger partial charge in [0.05, 0.1) is 23.6 Å². The maximum absolute atomic E-state index is 13.1. The Hall–Kier alpha value is -4.08. The predicted octanol–water partition coefficient (Wildman–Crippen LogP) is 5.28. The van der Waals surface area contributed by atoms with Gasteiger partial charge in [-0.15, -0.1) is 0 Å². The first-order valence-corrected chi connectivity index (χ1v) is 11.5. The monoisotopic (exact) mass is 487 g/mol. The van der Waals surface area contributed by atoms with Crippen LogP contribution >= 0.6 is 23.6 Å². The minimum atomic E-state index is -0.533. The average molecular weight is 488 g/mol. The number of methoxy groups -OCH3 is 1. The summed E-state index contributed by atoms with van der Waals surface area (Å²) in [7, 11) is 1.28. The van der Waals surface area contributed by atoms with Crippen LogP contribution in [0.25, 0.3) is 27.7 Å². The Balaban J connectivity index is 1.53. The molecule has 0 aliphatic carbocycles. The highest BCUT2D eigenvalue weighted by Crippen LogP contribution is 2.26. The molecule has 2 N–H and O–H groups in total. The summed E-state index contributed by atoms with van der Waals surface area (Å²) in [5.74, 6) is -0.931. The fraction of sp³-hybridized carbons (Fsp3) is 0.0400. The molecule has 0 radical (unpaired) electrons. The Morgan fingerprint density at radius 1 is 1.00 bits per heavy atom. The summed E-state index contributed by atoms with van der Waals surface area (Å²) in [4.78, 5) is 40.8. The third-order valence-electron chi connectivity index (χ3n) is 5.40. The first-order valence-electron chi connectivity index (χ1n) is 10.2. The Morgan fingerprint density at radius 3 is 2.41 bits per heavy atom. The van der Waals surface area contributed by atoms with Gasteiger partial charge >= 0.3 is 5.97 Å². The molecule has 0 aliphatic rings. The molecule has 0 saturated carbocycles. The fourth-order valence-corrected chi connectivity index (χ4v) is 5.03. The lowest BCUT2D eigenvalue weighted by Crippen LogP contribution is -2.15. The van der Waals surface area contributed by atoms with Crippen molar-refractivity contribution in [1.82, 2.24) is 9.38 Å². The molecule has 0 bridgehead atoms.